The lowest BCUT2D eigenvalue weighted by Crippen LogP contribution is -2.38. The van der Waals surface area contributed by atoms with Gasteiger partial charge in [0, 0.05) is 24.4 Å². The van der Waals surface area contributed by atoms with Gasteiger partial charge in [-0.25, -0.2) is 0 Å². The van der Waals surface area contributed by atoms with Gasteiger partial charge in [0.05, 0.1) is 0 Å². The maximum atomic E-state index is 12.3. The van der Waals surface area contributed by atoms with Crippen molar-refractivity contribution in [3.05, 3.63) is 29.8 Å². The third-order valence-corrected chi connectivity index (χ3v) is 4.82. The number of benzene rings is 1. The van der Waals surface area contributed by atoms with Crippen molar-refractivity contribution in [1.29, 1.82) is 0 Å². The van der Waals surface area contributed by atoms with E-state index in [-0.39, 0.29) is 11.8 Å². The van der Waals surface area contributed by atoms with E-state index in [1.165, 1.54) is 12.1 Å². The van der Waals surface area contributed by atoms with Crippen molar-refractivity contribution in [3.8, 4) is 5.75 Å². The van der Waals surface area contributed by atoms with Crippen LogP contribution in [0.1, 0.15) is 18.0 Å². The van der Waals surface area contributed by atoms with Gasteiger partial charge in [0.1, 0.15) is 5.75 Å². The molecule has 0 bridgehead atoms. The quantitative estimate of drug-likeness (QED) is 0.905. The number of nitrogens with two attached hydrogens (primary N) is 1. The summed E-state index contributed by atoms with van der Waals surface area (Å²) in [6, 6.07) is 6.39. The minimum atomic E-state index is -4.68. The number of ether oxygens (including phenoxy) is 1. The molecule has 3 nitrogen and oxygen atoms in total. The molecule has 0 spiro atoms. The van der Waals surface area contributed by atoms with Crippen molar-refractivity contribution in [1.82, 2.24) is 4.90 Å². The topological polar surface area (TPSA) is 38.5 Å². The second-order valence-corrected chi connectivity index (χ2v) is 6.20. The molecule has 7 heteroatoms. The number of rotatable bonds is 5. The first kappa shape index (κ1) is 16.5. The molecule has 1 aliphatic heterocycles. The van der Waals surface area contributed by atoms with Crippen molar-refractivity contribution in [3.63, 3.8) is 0 Å². The van der Waals surface area contributed by atoms with Gasteiger partial charge >= 0.3 is 6.36 Å². The lowest BCUT2D eigenvalue weighted by molar-refractivity contribution is -0.274. The lowest BCUT2D eigenvalue weighted by atomic mass is 10.0. The standard InChI is InChI=1S/C14H19F3N2OS/c1-19(11-5-6-21-9-11)13(8-18)10-3-2-4-12(7-10)20-14(15,16)17/h2-4,7,11,13H,5-6,8-9,18H2,1H3. The van der Waals surface area contributed by atoms with E-state index in [4.69, 9.17) is 5.73 Å². The Morgan fingerprint density at radius 1 is 1.48 bits per heavy atom. The van der Waals surface area contributed by atoms with Crippen molar-refractivity contribution in [2.45, 2.75) is 24.9 Å². The molecule has 118 valence electrons. The van der Waals surface area contributed by atoms with Crippen LogP contribution in [-0.4, -0.2) is 42.4 Å². The number of halogens is 3. The van der Waals surface area contributed by atoms with E-state index in [0.29, 0.717) is 12.6 Å². The Kier molecular flexibility index (Phi) is 5.40. The van der Waals surface area contributed by atoms with Gasteiger partial charge in [-0.1, -0.05) is 12.1 Å². The van der Waals surface area contributed by atoms with E-state index in [9.17, 15) is 13.2 Å². The molecule has 0 saturated carbocycles. The molecule has 0 radical (unpaired) electrons. The molecule has 2 unspecified atom stereocenters. The smallest absolute Gasteiger partial charge is 0.406 e. The Labute approximate surface area is 126 Å². The van der Waals surface area contributed by atoms with Crippen molar-refractivity contribution in [2.75, 3.05) is 25.1 Å². The summed E-state index contributed by atoms with van der Waals surface area (Å²) in [6.45, 7) is 0.354. The molecule has 1 aromatic carbocycles. The van der Waals surface area contributed by atoms with E-state index in [1.54, 1.807) is 12.1 Å². The monoisotopic (exact) mass is 320 g/mol. The fraction of sp³-hybridized carbons (Fsp3) is 0.571. The van der Waals surface area contributed by atoms with Gasteiger partial charge in [-0.05, 0) is 36.9 Å². The van der Waals surface area contributed by atoms with Crippen LogP contribution in [0.3, 0.4) is 0 Å². The number of thioether (sulfide) groups is 1. The second-order valence-electron chi connectivity index (χ2n) is 5.05. The van der Waals surface area contributed by atoms with E-state index < -0.39 is 6.36 Å². The third kappa shape index (κ3) is 4.52. The minimum absolute atomic E-state index is 0.106. The van der Waals surface area contributed by atoms with Crippen LogP contribution in [0.4, 0.5) is 13.2 Å². The highest BCUT2D eigenvalue weighted by Gasteiger charge is 2.32. The molecule has 2 atom stereocenters. The molecule has 2 N–H and O–H groups in total. The molecule has 1 heterocycles. The van der Waals surface area contributed by atoms with Crippen LogP contribution in [-0.2, 0) is 0 Å². The molecule has 1 aromatic rings. The van der Waals surface area contributed by atoms with Gasteiger partial charge < -0.3 is 10.5 Å². The van der Waals surface area contributed by atoms with E-state index in [0.717, 1.165) is 23.5 Å². The number of hydrogen-bond acceptors (Lipinski definition) is 4. The number of hydrogen-bond donors (Lipinski definition) is 1. The highest BCUT2D eigenvalue weighted by atomic mass is 32.2. The van der Waals surface area contributed by atoms with Gasteiger partial charge in [-0.2, -0.15) is 11.8 Å². The molecule has 21 heavy (non-hydrogen) atoms. The van der Waals surface area contributed by atoms with Gasteiger partial charge in [-0.3, -0.25) is 4.90 Å². The Morgan fingerprint density at radius 2 is 2.24 bits per heavy atom. The molecule has 1 fully saturated rings. The highest BCUT2D eigenvalue weighted by Crippen LogP contribution is 2.31. The van der Waals surface area contributed by atoms with Crippen molar-refractivity contribution >= 4 is 11.8 Å². The Morgan fingerprint density at radius 3 is 2.81 bits per heavy atom. The first-order valence-electron chi connectivity index (χ1n) is 6.76. The average molecular weight is 320 g/mol. The summed E-state index contributed by atoms with van der Waals surface area (Å²) in [7, 11) is 1.98. The van der Waals surface area contributed by atoms with E-state index >= 15 is 0 Å². The summed E-state index contributed by atoms with van der Waals surface area (Å²) in [5.41, 5.74) is 6.59. The van der Waals surface area contributed by atoms with Crippen LogP contribution in [0.2, 0.25) is 0 Å². The molecular formula is C14H19F3N2OS. The van der Waals surface area contributed by atoms with E-state index in [2.05, 4.69) is 9.64 Å². The Bertz CT molecular complexity index is 464. The average Bonchev–Trinajstić information content (AvgIpc) is 2.91. The lowest BCUT2D eigenvalue weighted by Gasteiger charge is -2.32. The van der Waals surface area contributed by atoms with Crippen LogP contribution in [0, 0.1) is 0 Å². The molecular weight excluding hydrogens is 301 g/mol. The van der Waals surface area contributed by atoms with Crippen LogP contribution in [0.25, 0.3) is 0 Å². The minimum Gasteiger partial charge on any atom is -0.406 e. The first-order valence-corrected chi connectivity index (χ1v) is 7.91. The number of nitrogens with zero attached hydrogens (tertiary/aromatic N) is 1. The van der Waals surface area contributed by atoms with Crippen molar-refractivity contribution < 1.29 is 17.9 Å². The Balaban J connectivity index is 2.15. The number of likely N-dealkylation sites (N-methyl/N-ethyl adjacent to an activating group) is 1. The SMILES string of the molecule is CN(C1CCSC1)C(CN)c1cccc(OC(F)(F)F)c1. The van der Waals surface area contributed by atoms with Crippen LogP contribution in [0.5, 0.6) is 5.75 Å². The molecule has 2 rings (SSSR count). The van der Waals surface area contributed by atoms with Gasteiger partial charge in [-0.15, -0.1) is 13.2 Å². The highest BCUT2D eigenvalue weighted by molar-refractivity contribution is 7.99. The summed E-state index contributed by atoms with van der Waals surface area (Å²) in [5.74, 6) is 1.95. The van der Waals surface area contributed by atoms with E-state index in [1.807, 2.05) is 18.8 Å². The summed E-state index contributed by atoms with van der Waals surface area (Å²) in [5, 5.41) is 0. The van der Waals surface area contributed by atoms with Crippen LogP contribution < -0.4 is 10.5 Å². The molecule has 0 amide bonds. The molecule has 0 aromatic heterocycles. The zero-order chi connectivity index (χ0) is 15.5. The fourth-order valence-corrected chi connectivity index (χ4v) is 3.83. The maximum Gasteiger partial charge on any atom is 0.573 e. The van der Waals surface area contributed by atoms with Gasteiger partial charge in [0.2, 0.25) is 0 Å². The predicted molar refractivity (Wildman–Crippen MR) is 78.4 cm³/mol. The van der Waals surface area contributed by atoms with Crippen LogP contribution >= 0.6 is 11.8 Å². The van der Waals surface area contributed by atoms with Gasteiger partial charge in [0.25, 0.3) is 0 Å². The normalized spacial score (nSPS) is 20.8. The largest absolute Gasteiger partial charge is 0.573 e. The first-order chi connectivity index (χ1) is 9.90. The van der Waals surface area contributed by atoms with Crippen molar-refractivity contribution in [2.24, 2.45) is 5.73 Å². The second kappa shape index (κ2) is 6.89. The molecule has 1 saturated heterocycles. The zero-order valence-corrected chi connectivity index (χ0v) is 12.6. The number of alkyl halides is 3. The molecule has 1 aliphatic rings. The fourth-order valence-electron chi connectivity index (χ4n) is 2.55. The maximum absolute atomic E-state index is 12.3. The summed E-state index contributed by atoms with van der Waals surface area (Å²) >= 11 is 1.89. The predicted octanol–water partition coefficient (Wildman–Crippen LogP) is 3.02. The summed E-state index contributed by atoms with van der Waals surface area (Å²) in [6.07, 6.45) is -3.60. The zero-order valence-electron chi connectivity index (χ0n) is 11.8. The van der Waals surface area contributed by atoms with Crippen LogP contribution in [0.15, 0.2) is 24.3 Å². The third-order valence-electron chi connectivity index (χ3n) is 3.67. The summed E-state index contributed by atoms with van der Waals surface area (Å²) in [4.78, 5) is 2.16. The Hall–Kier alpha value is -0.920. The molecule has 0 aliphatic carbocycles. The summed E-state index contributed by atoms with van der Waals surface area (Å²) < 4.78 is 40.9. The van der Waals surface area contributed by atoms with Gasteiger partial charge in [0.15, 0.2) is 0 Å².